The topological polar surface area (TPSA) is 176 Å². The van der Waals surface area contributed by atoms with Crippen LogP contribution in [0.1, 0.15) is 73.1 Å². The number of anilines is 1. The third-order valence-electron chi connectivity index (χ3n) is 6.62. The number of imidazole rings is 1. The van der Waals surface area contributed by atoms with Crippen molar-refractivity contribution in [3.05, 3.63) is 12.7 Å². The fraction of sp³-hybridized carbons (Fsp3) is 0.760. The quantitative estimate of drug-likeness (QED) is 0.0950. The number of hydrogen-bond donors (Lipinski definition) is 4. The molecule has 2 unspecified atom stereocenters. The van der Waals surface area contributed by atoms with Crippen LogP contribution in [0.2, 0.25) is 0 Å². The fourth-order valence-corrected chi connectivity index (χ4v) is 6.53. The number of nitrogen functional groups attached to an aromatic ring is 1. The molecule has 0 radical (unpaired) electrons. The van der Waals surface area contributed by atoms with E-state index >= 15 is 0 Å². The molecular weight excluding hydrogens is 525 g/mol. The Morgan fingerprint density at radius 1 is 1.26 bits per heavy atom. The van der Waals surface area contributed by atoms with E-state index in [1.165, 1.54) is 6.33 Å². The van der Waals surface area contributed by atoms with Crippen LogP contribution in [0.15, 0.2) is 12.7 Å². The first-order valence-electron chi connectivity index (χ1n) is 13.6. The number of fused-ring (bicyclic) bond motifs is 1. The molecule has 39 heavy (non-hydrogen) atoms. The minimum absolute atomic E-state index is 0.0944. The van der Waals surface area contributed by atoms with Crippen molar-refractivity contribution < 1.29 is 28.7 Å². The lowest BCUT2D eigenvalue weighted by Crippen LogP contribution is -2.52. The van der Waals surface area contributed by atoms with Gasteiger partial charge in [-0.25, -0.2) is 25.1 Å². The third-order valence-corrected chi connectivity index (χ3v) is 8.88. The smallest absolute Gasteiger partial charge is 0.323 e. The molecule has 13 nitrogen and oxygen atoms in total. The standard InChI is InChI=1S/C25H44N7O6P/c1-6-7-8-12-36-24(34)25(4,5)31-39(35,30-18(3)23(33)38-19-10-9-11-19)16-37-17(2)13-32-15-29-20-21(26)27-14-28-22(20)32/h14-15,17-19,24,34H,6-13,16H2,1-5H3,(H2,26,27,28)(H2,30,31,35)/t17-,18-,24?,39?/m1/s1. The van der Waals surface area contributed by atoms with Crippen molar-refractivity contribution in [2.24, 2.45) is 0 Å². The Labute approximate surface area is 230 Å². The van der Waals surface area contributed by atoms with E-state index in [9.17, 15) is 14.5 Å². The summed E-state index contributed by atoms with van der Waals surface area (Å²) < 4.78 is 33.1. The molecule has 1 saturated carbocycles. The number of hydrogen-bond acceptors (Lipinski definition) is 10. The van der Waals surface area contributed by atoms with Gasteiger partial charge in [0.05, 0.1) is 24.5 Å². The highest BCUT2D eigenvalue weighted by Gasteiger charge is 2.39. The molecular formula is C25H44N7O6P. The minimum Gasteiger partial charge on any atom is -0.461 e. The van der Waals surface area contributed by atoms with Gasteiger partial charge in [-0.2, -0.15) is 0 Å². The second-order valence-electron chi connectivity index (χ2n) is 10.8. The lowest BCUT2D eigenvalue weighted by Gasteiger charge is -2.37. The molecule has 1 aliphatic carbocycles. The van der Waals surface area contributed by atoms with E-state index < -0.39 is 37.4 Å². The van der Waals surface area contributed by atoms with Crippen LogP contribution in [0.4, 0.5) is 5.82 Å². The number of ether oxygens (including phenoxy) is 3. The Morgan fingerprint density at radius 2 is 2.00 bits per heavy atom. The van der Waals surface area contributed by atoms with E-state index in [1.807, 2.05) is 6.92 Å². The van der Waals surface area contributed by atoms with Crippen molar-refractivity contribution >= 4 is 30.4 Å². The highest BCUT2D eigenvalue weighted by molar-refractivity contribution is 7.59. The van der Waals surface area contributed by atoms with E-state index in [0.717, 1.165) is 38.5 Å². The van der Waals surface area contributed by atoms with Gasteiger partial charge in [0.25, 0.3) is 0 Å². The van der Waals surface area contributed by atoms with Crippen LogP contribution in [0, 0.1) is 0 Å². The molecule has 0 aliphatic heterocycles. The number of nitrogens with one attached hydrogen (secondary N) is 2. The van der Waals surface area contributed by atoms with Crippen molar-refractivity contribution in [1.82, 2.24) is 29.7 Å². The molecule has 1 aliphatic rings. The summed E-state index contributed by atoms with van der Waals surface area (Å²) in [5.41, 5.74) is 5.82. The first-order chi connectivity index (χ1) is 18.4. The number of esters is 1. The first-order valence-corrected chi connectivity index (χ1v) is 15.5. The number of carbonyl (C=O) groups is 1. The average Bonchev–Trinajstić information content (AvgIpc) is 3.26. The van der Waals surface area contributed by atoms with Crippen molar-refractivity contribution in [3.8, 4) is 0 Å². The summed E-state index contributed by atoms with van der Waals surface area (Å²) in [4.78, 5) is 25.1. The molecule has 0 bridgehead atoms. The Balaban J connectivity index is 1.68. The highest BCUT2D eigenvalue weighted by Crippen LogP contribution is 2.41. The van der Waals surface area contributed by atoms with E-state index in [2.05, 4.69) is 32.1 Å². The van der Waals surface area contributed by atoms with Gasteiger partial charge in [0.2, 0.25) is 7.44 Å². The predicted molar refractivity (Wildman–Crippen MR) is 148 cm³/mol. The first kappa shape index (κ1) is 31.4. The summed E-state index contributed by atoms with van der Waals surface area (Å²) in [5.74, 6) is -0.197. The van der Waals surface area contributed by atoms with Crippen LogP contribution >= 0.6 is 7.44 Å². The van der Waals surface area contributed by atoms with E-state index in [4.69, 9.17) is 19.9 Å². The normalized spacial score (nSPS) is 18.3. The van der Waals surface area contributed by atoms with Crippen molar-refractivity contribution in [2.75, 3.05) is 18.7 Å². The zero-order chi connectivity index (χ0) is 28.6. The van der Waals surface area contributed by atoms with E-state index in [1.54, 1.807) is 31.7 Å². The van der Waals surface area contributed by atoms with Gasteiger partial charge in [-0.3, -0.25) is 9.36 Å². The van der Waals surface area contributed by atoms with Crippen molar-refractivity contribution in [2.45, 2.75) is 110 Å². The zero-order valence-electron chi connectivity index (χ0n) is 23.6. The van der Waals surface area contributed by atoms with Gasteiger partial charge >= 0.3 is 5.97 Å². The van der Waals surface area contributed by atoms with Gasteiger partial charge in [0.1, 0.15) is 30.3 Å². The van der Waals surface area contributed by atoms with Gasteiger partial charge in [-0.05, 0) is 53.4 Å². The zero-order valence-corrected chi connectivity index (χ0v) is 24.5. The molecule has 0 saturated heterocycles. The molecule has 0 aromatic carbocycles. The minimum atomic E-state index is -3.62. The van der Waals surface area contributed by atoms with Crippen LogP contribution in [-0.4, -0.2) is 73.6 Å². The van der Waals surface area contributed by atoms with Crippen molar-refractivity contribution in [1.29, 1.82) is 0 Å². The van der Waals surface area contributed by atoms with Gasteiger partial charge < -0.3 is 29.6 Å². The monoisotopic (exact) mass is 569 g/mol. The summed E-state index contributed by atoms with van der Waals surface area (Å²) in [6.45, 7) is 9.63. The second kappa shape index (κ2) is 14.0. The van der Waals surface area contributed by atoms with E-state index in [-0.39, 0.29) is 18.3 Å². The molecule has 5 N–H and O–H groups in total. The number of aromatic nitrogens is 4. The highest BCUT2D eigenvalue weighted by atomic mass is 31.2. The summed E-state index contributed by atoms with van der Waals surface area (Å²) in [6, 6.07) is -0.862. The van der Waals surface area contributed by atoms with Crippen molar-refractivity contribution in [3.63, 3.8) is 0 Å². The average molecular weight is 570 g/mol. The molecule has 2 aromatic rings. The number of aliphatic hydroxyl groups is 1. The Bertz CT molecular complexity index is 1130. The van der Waals surface area contributed by atoms with Gasteiger partial charge in [-0.15, -0.1) is 0 Å². The maximum absolute atomic E-state index is 14.2. The predicted octanol–water partition coefficient (Wildman–Crippen LogP) is 2.93. The molecule has 3 rings (SSSR count). The van der Waals surface area contributed by atoms with Gasteiger partial charge in [0, 0.05) is 6.61 Å². The van der Waals surface area contributed by atoms with Crippen LogP contribution in [0.25, 0.3) is 11.2 Å². The number of rotatable bonds is 17. The molecule has 2 heterocycles. The maximum atomic E-state index is 14.2. The number of nitrogens with zero attached hydrogens (tertiary/aromatic N) is 4. The summed E-state index contributed by atoms with van der Waals surface area (Å²) in [5, 5.41) is 16.6. The molecule has 0 amide bonds. The molecule has 14 heteroatoms. The summed E-state index contributed by atoms with van der Waals surface area (Å²) in [6.07, 6.45) is 6.49. The molecule has 2 aromatic heterocycles. The van der Waals surface area contributed by atoms with Crippen LogP contribution in [-0.2, 0) is 30.1 Å². The number of aliphatic hydroxyl groups excluding tert-OH is 1. The summed E-state index contributed by atoms with van der Waals surface area (Å²) >= 11 is 0. The second-order valence-corrected chi connectivity index (χ2v) is 13.0. The fourth-order valence-electron chi connectivity index (χ4n) is 4.09. The van der Waals surface area contributed by atoms with Gasteiger partial charge in [0.15, 0.2) is 17.8 Å². The molecule has 0 spiro atoms. The number of unbranched alkanes of at least 4 members (excludes halogenated alkanes) is 2. The largest absolute Gasteiger partial charge is 0.461 e. The Hall–Kier alpha value is -2.15. The maximum Gasteiger partial charge on any atom is 0.323 e. The lowest BCUT2D eigenvalue weighted by atomic mass is 9.96. The summed E-state index contributed by atoms with van der Waals surface area (Å²) in [7, 11) is -3.62. The molecule has 4 atom stereocenters. The van der Waals surface area contributed by atoms with Crippen LogP contribution in [0.3, 0.4) is 0 Å². The van der Waals surface area contributed by atoms with E-state index in [0.29, 0.717) is 24.3 Å². The lowest BCUT2D eigenvalue weighted by molar-refractivity contribution is -0.154. The molecule has 220 valence electrons. The number of carbonyl (C=O) groups excluding carboxylic acids is 1. The number of nitrogens with two attached hydrogens (primary N) is 1. The SMILES string of the molecule is CCCCCOC(O)C(C)(C)NP(=O)(CO[C@H](C)Cn1cnc2c(N)ncnc21)N[C@H](C)C(=O)OC1CCC1. The van der Waals surface area contributed by atoms with Crippen LogP contribution in [0.5, 0.6) is 0 Å². The van der Waals surface area contributed by atoms with Crippen LogP contribution < -0.4 is 15.9 Å². The Morgan fingerprint density at radius 3 is 2.67 bits per heavy atom. The molecule has 1 fully saturated rings. The third kappa shape index (κ3) is 8.92. The Kier molecular flexibility index (Phi) is 11.2. The van der Waals surface area contributed by atoms with Gasteiger partial charge in [-0.1, -0.05) is 19.8 Å².